The predicted octanol–water partition coefficient (Wildman–Crippen LogP) is 3.20. The first kappa shape index (κ1) is 14.1. The summed E-state index contributed by atoms with van der Waals surface area (Å²) in [7, 11) is 0. The van der Waals surface area contributed by atoms with Crippen LogP contribution in [-0.2, 0) is 0 Å². The highest BCUT2D eigenvalue weighted by Crippen LogP contribution is 2.32. The number of carbonyl (C=O) groups is 1. The van der Waals surface area contributed by atoms with E-state index in [0.29, 0.717) is 5.56 Å². The fraction of sp³-hybridized carbons (Fsp3) is 0.231. The Morgan fingerprint density at radius 3 is 2.60 bits per heavy atom. The molecule has 0 aliphatic rings. The Labute approximate surface area is 119 Å². The van der Waals surface area contributed by atoms with Crippen LogP contribution < -0.4 is 4.74 Å². The summed E-state index contributed by atoms with van der Waals surface area (Å²) in [5.74, 6) is -0.722. The lowest BCUT2D eigenvalue weighted by atomic mass is 10.1. The summed E-state index contributed by atoms with van der Waals surface area (Å²) >= 11 is 1.31. The molecule has 6 nitrogen and oxygen atoms in total. The van der Waals surface area contributed by atoms with Crippen LogP contribution in [-0.4, -0.2) is 15.9 Å². The van der Waals surface area contributed by atoms with E-state index in [1.165, 1.54) is 17.4 Å². The van der Waals surface area contributed by atoms with Crippen LogP contribution in [0.2, 0.25) is 0 Å². The molecule has 0 atom stereocenters. The molecule has 7 heteroatoms. The number of nitro groups is 1. The molecule has 1 aromatic heterocycles. The summed E-state index contributed by atoms with van der Waals surface area (Å²) < 4.78 is 5.16. The van der Waals surface area contributed by atoms with Gasteiger partial charge in [0.1, 0.15) is 0 Å². The van der Waals surface area contributed by atoms with Gasteiger partial charge in [-0.25, -0.2) is 9.78 Å². The molecule has 0 saturated carbocycles. The van der Waals surface area contributed by atoms with Crippen LogP contribution in [0.15, 0.2) is 17.5 Å². The minimum atomic E-state index is -0.690. The van der Waals surface area contributed by atoms with Gasteiger partial charge in [0.2, 0.25) is 5.75 Å². The number of thiazole rings is 1. The number of rotatable bonds is 3. The number of benzene rings is 1. The van der Waals surface area contributed by atoms with Crippen LogP contribution in [0.4, 0.5) is 5.69 Å². The Bertz CT molecular complexity index is 694. The van der Waals surface area contributed by atoms with Crippen LogP contribution >= 0.6 is 11.3 Å². The van der Waals surface area contributed by atoms with Gasteiger partial charge in [-0.3, -0.25) is 10.1 Å². The zero-order valence-corrected chi connectivity index (χ0v) is 12.0. The maximum absolute atomic E-state index is 11.9. The van der Waals surface area contributed by atoms with E-state index >= 15 is 0 Å². The van der Waals surface area contributed by atoms with Crippen molar-refractivity contribution < 1.29 is 14.5 Å². The number of nitro benzene ring substituents is 1. The quantitative estimate of drug-likeness (QED) is 0.375. The molecule has 0 amide bonds. The molecule has 20 heavy (non-hydrogen) atoms. The van der Waals surface area contributed by atoms with Crippen molar-refractivity contribution in [1.29, 1.82) is 0 Å². The number of ether oxygens (including phenoxy) is 1. The number of nitrogens with zero attached hydrogens (tertiary/aromatic N) is 2. The van der Waals surface area contributed by atoms with E-state index in [-0.39, 0.29) is 17.1 Å². The van der Waals surface area contributed by atoms with Gasteiger partial charge < -0.3 is 4.74 Å². The third-order valence-electron chi connectivity index (χ3n) is 2.62. The molecule has 0 spiro atoms. The third kappa shape index (κ3) is 2.83. The maximum Gasteiger partial charge on any atom is 0.363 e. The smallest absolute Gasteiger partial charge is 0.363 e. The lowest BCUT2D eigenvalue weighted by molar-refractivity contribution is -0.385. The molecule has 0 fully saturated rings. The number of aryl methyl sites for hydroxylation is 3. The van der Waals surface area contributed by atoms with Crippen LogP contribution in [0.25, 0.3) is 0 Å². The Balaban J connectivity index is 2.38. The molecule has 0 radical (unpaired) electrons. The van der Waals surface area contributed by atoms with Crippen molar-refractivity contribution in [3.63, 3.8) is 0 Å². The minimum absolute atomic E-state index is 0.0312. The number of carbonyl (C=O) groups excluding carboxylic acids is 1. The molecule has 1 heterocycles. The van der Waals surface area contributed by atoms with Gasteiger partial charge in [0.15, 0.2) is 5.69 Å². The highest BCUT2D eigenvalue weighted by molar-refractivity contribution is 7.09. The lowest BCUT2D eigenvalue weighted by Gasteiger charge is -2.07. The number of esters is 1. The Morgan fingerprint density at radius 1 is 1.35 bits per heavy atom. The SMILES string of the molecule is Cc1cc(C)c(OC(=O)c2csc(C)n2)c([N+](=O)[O-])c1. The van der Waals surface area contributed by atoms with Crippen molar-refractivity contribution in [3.05, 3.63) is 49.5 Å². The first-order chi connectivity index (χ1) is 9.38. The van der Waals surface area contributed by atoms with E-state index in [2.05, 4.69) is 4.98 Å². The fourth-order valence-corrected chi connectivity index (χ4v) is 2.38. The molecule has 104 valence electrons. The van der Waals surface area contributed by atoms with Gasteiger partial charge in [-0.2, -0.15) is 0 Å². The Hall–Kier alpha value is -2.28. The molecule has 2 rings (SSSR count). The van der Waals surface area contributed by atoms with Gasteiger partial charge >= 0.3 is 11.7 Å². The average Bonchev–Trinajstić information content (AvgIpc) is 2.78. The van der Waals surface area contributed by atoms with E-state index < -0.39 is 10.9 Å². The largest absolute Gasteiger partial charge is 0.414 e. The van der Waals surface area contributed by atoms with Gasteiger partial charge in [0, 0.05) is 11.4 Å². The molecule has 0 saturated heterocycles. The van der Waals surface area contributed by atoms with Crippen LogP contribution in [0.1, 0.15) is 26.6 Å². The molecular weight excluding hydrogens is 280 g/mol. The molecule has 0 aliphatic carbocycles. The summed E-state index contributed by atoms with van der Waals surface area (Å²) in [4.78, 5) is 26.4. The van der Waals surface area contributed by atoms with Crippen molar-refractivity contribution in [3.8, 4) is 5.75 Å². The fourth-order valence-electron chi connectivity index (χ4n) is 1.80. The van der Waals surface area contributed by atoms with Crippen molar-refractivity contribution in [2.45, 2.75) is 20.8 Å². The zero-order valence-electron chi connectivity index (χ0n) is 11.2. The Morgan fingerprint density at radius 2 is 2.05 bits per heavy atom. The monoisotopic (exact) mass is 292 g/mol. The van der Waals surface area contributed by atoms with E-state index in [1.807, 2.05) is 0 Å². The van der Waals surface area contributed by atoms with E-state index in [9.17, 15) is 14.9 Å². The van der Waals surface area contributed by atoms with E-state index in [0.717, 1.165) is 10.6 Å². The van der Waals surface area contributed by atoms with Crippen molar-refractivity contribution >= 4 is 23.0 Å². The molecule has 1 aromatic carbocycles. The molecule has 0 aliphatic heterocycles. The van der Waals surface area contributed by atoms with E-state index in [4.69, 9.17) is 4.74 Å². The highest BCUT2D eigenvalue weighted by atomic mass is 32.1. The van der Waals surface area contributed by atoms with Gasteiger partial charge in [0.25, 0.3) is 0 Å². The van der Waals surface area contributed by atoms with Crippen LogP contribution in [0.3, 0.4) is 0 Å². The maximum atomic E-state index is 11.9. The summed E-state index contributed by atoms with van der Waals surface area (Å²) in [5, 5.41) is 13.3. The number of hydrogen-bond donors (Lipinski definition) is 0. The second-order valence-electron chi connectivity index (χ2n) is 4.33. The van der Waals surface area contributed by atoms with Crippen molar-refractivity contribution in [2.24, 2.45) is 0 Å². The van der Waals surface area contributed by atoms with Crippen molar-refractivity contribution in [1.82, 2.24) is 4.98 Å². The first-order valence-electron chi connectivity index (χ1n) is 5.78. The predicted molar refractivity (Wildman–Crippen MR) is 74.4 cm³/mol. The Kier molecular flexibility index (Phi) is 3.80. The van der Waals surface area contributed by atoms with Gasteiger partial charge in [-0.1, -0.05) is 6.07 Å². The minimum Gasteiger partial charge on any atom is -0.414 e. The number of hydrogen-bond acceptors (Lipinski definition) is 6. The highest BCUT2D eigenvalue weighted by Gasteiger charge is 2.22. The van der Waals surface area contributed by atoms with Crippen molar-refractivity contribution in [2.75, 3.05) is 0 Å². The first-order valence-corrected chi connectivity index (χ1v) is 6.66. The summed E-state index contributed by atoms with van der Waals surface area (Å²) in [6.45, 7) is 5.17. The average molecular weight is 292 g/mol. The second kappa shape index (κ2) is 5.38. The summed E-state index contributed by atoms with van der Waals surface area (Å²) in [6.07, 6.45) is 0. The van der Waals surface area contributed by atoms with E-state index in [1.54, 1.807) is 32.2 Å². The van der Waals surface area contributed by atoms with Gasteiger partial charge in [-0.05, 0) is 31.9 Å². The molecule has 0 bridgehead atoms. The zero-order chi connectivity index (χ0) is 14.9. The van der Waals surface area contributed by atoms with Gasteiger partial charge in [-0.15, -0.1) is 11.3 Å². The molecular formula is C13H12N2O4S. The van der Waals surface area contributed by atoms with Crippen LogP contribution in [0.5, 0.6) is 5.75 Å². The topological polar surface area (TPSA) is 82.3 Å². The third-order valence-corrected chi connectivity index (χ3v) is 3.39. The molecule has 0 unspecified atom stereocenters. The van der Waals surface area contributed by atoms with Crippen LogP contribution in [0, 0.1) is 30.9 Å². The number of aromatic nitrogens is 1. The normalized spacial score (nSPS) is 10.3. The molecule has 2 aromatic rings. The standard InChI is InChI=1S/C13H12N2O4S/c1-7-4-8(2)12(11(5-7)15(17)18)19-13(16)10-6-20-9(3)14-10/h4-6H,1-3H3. The molecule has 0 N–H and O–H groups in total. The second-order valence-corrected chi connectivity index (χ2v) is 5.39. The lowest BCUT2D eigenvalue weighted by Crippen LogP contribution is -2.11. The summed E-state index contributed by atoms with van der Waals surface area (Å²) in [5.41, 5.74) is 1.21. The summed E-state index contributed by atoms with van der Waals surface area (Å²) in [6, 6.07) is 3.10. The van der Waals surface area contributed by atoms with Gasteiger partial charge in [0.05, 0.1) is 9.93 Å².